The predicted molar refractivity (Wildman–Crippen MR) is 88.7 cm³/mol. The van der Waals surface area contributed by atoms with Crippen LogP contribution in [-0.4, -0.2) is 39.1 Å². The molecule has 0 atom stereocenters. The third kappa shape index (κ3) is 6.18. The second-order valence-corrected chi connectivity index (χ2v) is 6.21. The van der Waals surface area contributed by atoms with Crippen molar-refractivity contribution in [1.82, 2.24) is 10.6 Å². The lowest BCUT2D eigenvalue weighted by Gasteiger charge is -2.17. The molecular formula is C17H26N2O4. The molecule has 0 heterocycles. The Morgan fingerprint density at radius 1 is 1.09 bits per heavy atom. The van der Waals surface area contributed by atoms with Gasteiger partial charge in [-0.15, -0.1) is 0 Å². The molecule has 2 amide bonds. The zero-order valence-corrected chi connectivity index (χ0v) is 14.5. The minimum absolute atomic E-state index is 0.0225. The van der Waals surface area contributed by atoms with E-state index in [2.05, 4.69) is 10.6 Å². The van der Waals surface area contributed by atoms with Crippen molar-refractivity contribution in [1.29, 1.82) is 0 Å². The van der Waals surface area contributed by atoms with E-state index in [9.17, 15) is 9.59 Å². The third-order valence-corrected chi connectivity index (χ3v) is 3.29. The Bertz CT molecular complexity index is 550. The molecule has 0 aliphatic heterocycles. The Labute approximate surface area is 137 Å². The van der Waals surface area contributed by atoms with Gasteiger partial charge in [-0.2, -0.15) is 0 Å². The van der Waals surface area contributed by atoms with Crippen LogP contribution in [-0.2, 0) is 16.0 Å². The Hall–Kier alpha value is -2.24. The molecule has 128 valence electrons. The summed E-state index contributed by atoms with van der Waals surface area (Å²) < 4.78 is 10.5. The van der Waals surface area contributed by atoms with Crippen molar-refractivity contribution in [3.63, 3.8) is 0 Å². The van der Waals surface area contributed by atoms with Crippen LogP contribution >= 0.6 is 0 Å². The number of carbonyl (C=O) groups excluding carboxylic acids is 2. The van der Waals surface area contributed by atoms with E-state index >= 15 is 0 Å². The van der Waals surface area contributed by atoms with E-state index < -0.39 is 5.41 Å². The van der Waals surface area contributed by atoms with Crippen molar-refractivity contribution in [3.8, 4) is 11.5 Å². The van der Waals surface area contributed by atoms with Crippen LogP contribution in [0.3, 0.4) is 0 Å². The van der Waals surface area contributed by atoms with Crippen LogP contribution in [0.25, 0.3) is 0 Å². The first-order valence-corrected chi connectivity index (χ1v) is 7.54. The lowest BCUT2D eigenvalue weighted by molar-refractivity contribution is -0.131. The Balaban J connectivity index is 2.45. The topological polar surface area (TPSA) is 76.7 Å². The van der Waals surface area contributed by atoms with Crippen LogP contribution < -0.4 is 20.1 Å². The summed E-state index contributed by atoms with van der Waals surface area (Å²) >= 11 is 0. The van der Waals surface area contributed by atoms with Gasteiger partial charge in [0.25, 0.3) is 0 Å². The van der Waals surface area contributed by atoms with Gasteiger partial charge in [-0.3, -0.25) is 9.59 Å². The quantitative estimate of drug-likeness (QED) is 0.798. The van der Waals surface area contributed by atoms with Crippen molar-refractivity contribution in [2.75, 3.05) is 27.3 Å². The number of nitrogens with one attached hydrogen (secondary N) is 2. The first-order valence-electron chi connectivity index (χ1n) is 7.54. The molecule has 0 saturated heterocycles. The minimum Gasteiger partial charge on any atom is -0.497 e. The fourth-order valence-electron chi connectivity index (χ4n) is 1.90. The lowest BCUT2D eigenvalue weighted by atomic mass is 9.96. The number of amides is 2. The summed E-state index contributed by atoms with van der Waals surface area (Å²) in [5.41, 5.74) is 0.444. The maximum Gasteiger partial charge on any atom is 0.239 e. The fraction of sp³-hybridized carbons (Fsp3) is 0.529. The monoisotopic (exact) mass is 322 g/mol. The summed E-state index contributed by atoms with van der Waals surface area (Å²) in [5.74, 6) is 1.12. The van der Waals surface area contributed by atoms with E-state index in [0.717, 1.165) is 17.1 Å². The average Bonchev–Trinajstić information content (AvgIpc) is 2.51. The van der Waals surface area contributed by atoms with Crippen LogP contribution in [0.1, 0.15) is 26.3 Å². The van der Waals surface area contributed by atoms with Gasteiger partial charge >= 0.3 is 0 Å². The molecule has 6 heteroatoms. The van der Waals surface area contributed by atoms with Gasteiger partial charge in [-0.1, -0.05) is 20.8 Å². The van der Waals surface area contributed by atoms with Gasteiger partial charge in [-0.25, -0.2) is 0 Å². The number of carbonyl (C=O) groups is 2. The second-order valence-electron chi connectivity index (χ2n) is 6.21. The van der Waals surface area contributed by atoms with Crippen molar-refractivity contribution in [2.45, 2.75) is 27.2 Å². The highest BCUT2D eigenvalue weighted by Gasteiger charge is 2.21. The number of rotatable bonds is 7. The highest BCUT2D eigenvalue weighted by Crippen LogP contribution is 2.24. The van der Waals surface area contributed by atoms with E-state index in [1.165, 1.54) is 0 Å². The molecule has 23 heavy (non-hydrogen) atoms. The summed E-state index contributed by atoms with van der Waals surface area (Å²) in [7, 11) is 3.21. The molecule has 0 radical (unpaired) electrons. The maximum atomic E-state index is 11.8. The van der Waals surface area contributed by atoms with Crippen LogP contribution in [0.4, 0.5) is 0 Å². The second kappa shape index (κ2) is 8.41. The summed E-state index contributed by atoms with van der Waals surface area (Å²) in [6, 6.07) is 5.54. The summed E-state index contributed by atoms with van der Waals surface area (Å²) in [6.45, 7) is 5.83. The Kier molecular flexibility index (Phi) is 6.88. The van der Waals surface area contributed by atoms with Gasteiger partial charge < -0.3 is 20.1 Å². The third-order valence-electron chi connectivity index (χ3n) is 3.29. The van der Waals surface area contributed by atoms with E-state index in [1.54, 1.807) is 35.0 Å². The molecule has 0 aromatic heterocycles. The average molecular weight is 322 g/mol. The maximum absolute atomic E-state index is 11.8. The summed E-state index contributed by atoms with van der Waals surface area (Å²) in [4.78, 5) is 23.5. The fourth-order valence-corrected chi connectivity index (χ4v) is 1.90. The Morgan fingerprint density at radius 3 is 2.35 bits per heavy atom. The van der Waals surface area contributed by atoms with E-state index in [-0.39, 0.29) is 18.4 Å². The van der Waals surface area contributed by atoms with E-state index in [4.69, 9.17) is 9.47 Å². The molecule has 0 spiro atoms. The van der Waals surface area contributed by atoms with E-state index in [0.29, 0.717) is 13.0 Å². The molecule has 0 aliphatic carbocycles. The standard InChI is InChI=1S/C17H26N2O4/c1-17(2,3)16(21)19-11-15(20)18-9-8-12-10-13(22-4)6-7-14(12)23-5/h6-7,10H,8-9,11H2,1-5H3,(H,18,20)(H,19,21). The first kappa shape index (κ1) is 18.8. The highest BCUT2D eigenvalue weighted by molar-refractivity contribution is 5.87. The molecule has 2 N–H and O–H groups in total. The van der Waals surface area contributed by atoms with Gasteiger partial charge in [0.2, 0.25) is 11.8 Å². The van der Waals surface area contributed by atoms with Gasteiger partial charge in [0, 0.05) is 12.0 Å². The molecule has 0 fully saturated rings. The summed E-state index contributed by atoms with van der Waals surface area (Å²) in [5, 5.41) is 5.39. The van der Waals surface area contributed by atoms with Crippen LogP contribution in [0.5, 0.6) is 11.5 Å². The normalized spacial score (nSPS) is 10.8. The number of methoxy groups -OCH3 is 2. The zero-order chi connectivity index (χ0) is 17.5. The van der Waals surface area contributed by atoms with Gasteiger partial charge in [0.05, 0.1) is 20.8 Å². The van der Waals surface area contributed by atoms with Crippen LogP contribution in [0, 0.1) is 5.41 Å². The minimum atomic E-state index is -0.506. The summed E-state index contributed by atoms with van der Waals surface area (Å²) in [6.07, 6.45) is 0.610. The van der Waals surface area contributed by atoms with Gasteiger partial charge in [0.1, 0.15) is 11.5 Å². The molecule has 1 aromatic rings. The van der Waals surface area contributed by atoms with Gasteiger partial charge in [-0.05, 0) is 30.2 Å². The Morgan fingerprint density at radius 2 is 1.78 bits per heavy atom. The SMILES string of the molecule is COc1ccc(OC)c(CCNC(=O)CNC(=O)C(C)(C)C)c1. The van der Waals surface area contributed by atoms with Gasteiger partial charge in [0.15, 0.2) is 0 Å². The number of ether oxygens (including phenoxy) is 2. The van der Waals surface area contributed by atoms with Crippen molar-refractivity contribution in [2.24, 2.45) is 5.41 Å². The highest BCUT2D eigenvalue weighted by atomic mass is 16.5. The molecule has 6 nitrogen and oxygen atoms in total. The molecule has 0 unspecified atom stereocenters. The predicted octanol–water partition coefficient (Wildman–Crippen LogP) is 1.52. The number of hydrogen-bond acceptors (Lipinski definition) is 4. The molecule has 0 saturated carbocycles. The molecule has 0 bridgehead atoms. The first-order chi connectivity index (χ1) is 10.8. The smallest absolute Gasteiger partial charge is 0.239 e. The zero-order valence-electron chi connectivity index (χ0n) is 14.5. The largest absolute Gasteiger partial charge is 0.497 e. The van der Waals surface area contributed by atoms with Crippen molar-refractivity contribution in [3.05, 3.63) is 23.8 Å². The lowest BCUT2D eigenvalue weighted by Crippen LogP contribution is -2.42. The van der Waals surface area contributed by atoms with E-state index in [1.807, 2.05) is 18.2 Å². The van der Waals surface area contributed by atoms with Crippen LogP contribution in [0.15, 0.2) is 18.2 Å². The number of benzene rings is 1. The molecular weight excluding hydrogens is 296 g/mol. The molecule has 1 rings (SSSR count). The molecule has 1 aromatic carbocycles. The van der Waals surface area contributed by atoms with Crippen molar-refractivity contribution >= 4 is 11.8 Å². The van der Waals surface area contributed by atoms with Crippen LogP contribution in [0.2, 0.25) is 0 Å². The molecule has 0 aliphatic rings. The van der Waals surface area contributed by atoms with Crippen molar-refractivity contribution < 1.29 is 19.1 Å². The number of hydrogen-bond donors (Lipinski definition) is 2.